The Labute approximate surface area is 150 Å². The van der Waals surface area contributed by atoms with Gasteiger partial charge in [0, 0.05) is 11.1 Å². The van der Waals surface area contributed by atoms with Crippen LogP contribution < -0.4 is 15.1 Å². The number of hydrogen-bond donors (Lipinski definition) is 3. The second-order valence-corrected chi connectivity index (χ2v) is 6.22. The molecule has 7 nitrogen and oxygen atoms in total. The number of carboxylic acid groups (broad SMARTS) is 1. The molecular weight excluding hydrogens is 338 g/mol. The Morgan fingerprint density at radius 3 is 2.38 bits per heavy atom. The predicted octanol–water partition coefficient (Wildman–Crippen LogP) is 2.78. The molecule has 1 aliphatic carbocycles. The van der Waals surface area contributed by atoms with Crippen molar-refractivity contribution < 1.29 is 29.4 Å². The van der Waals surface area contributed by atoms with Crippen molar-refractivity contribution in [2.75, 3.05) is 0 Å². The third kappa shape index (κ3) is 3.42. The number of hydroxylamine groups is 1. The molecule has 0 aliphatic heterocycles. The van der Waals surface area contributed by atoms with Gasteiger partial charge in [0.1, 0.15) is 17.2 Å². The lowest BCUT2D eigenvalue weighted by Gasteiger charge is -2.16. The van der Waals surface area contributed by atoms with Gasteiger partial charge in [-0.25, -0.2) is 4.79 Å². The van der Waals surface area contributed by atoms with Crippen LogP contribution >= 0.6 is 0 Å². The molecule has 0 bridgehead atoms. The van der Waals surface area contributed by atoms with Crippen LogP contribution in [0.15, 0.2) is 24.3 Å². The number of phenols is 1. The average Bonchev–Trinajstić information content (AvgIpc) is 3.08. The molecule has 0 aromatic heterocycles. The number of carbonyl (C=O) groups is 2. The van der Waals surface area contributed by atoms with Gasteiger partial charge in [-0.3, -0.25) is 4.79 Å². The number of fused-ring (bicyclic) bond motifs is 1. The van der Waals surface area contributed by atoms with E-state index in [1.54, 1.807) is 24.3 Å². The Bertz CT molecular complexity index is 867. The Kier molecular flexibility index (Phi) is 4.71. The maximum atomic E-state index is 11.0. The quantitative estimate of drug-likeness (QED) is 0.574. The molecule has 3 rings (SSSR count). The summed E-state index contributed by atoms with van der Waals surface area (Å²) >= 11 is 0. The maximum absolute atomic E-state index is 11.0. The fraction of sp³-hybridized carbons (Fsp3) is 0.263. The summed E-state index contributed by atoms with van der Waals surface area (Å²) in [6, 6.07) is 6.69. The minimum absolute atomic E-state index is 0.302. The third-order valence-electron chi connectivity index (χ3n) is 4.32. The van der Waals surface area contributed by atoms with E-state index in [0.717, 1.165) is 41.5 Å². The molecule has 2 aromatic rings. The molecule has 0 fully saturated rings. The second-order valence-electron chi connectivity index (χ2n) is 6.22. The summed E-state index contributed by atoms with van der Waals surface area (Å²) in [7, 11) is 0. The lowest BCUT2D eigenvalue weighted by molar-refractivity contribution is -0.153. The van der Waals surface area contributed by atoms with Gasteiger partial charge in [0.2, 0.25) is 0 Å². The molecule has 0 atom stereocenters. The number of amides is 1. The summed E-state index contributed by atoms with van der Waals surface area (Å²) in [5.41, 5.74) is 5.36. The van der Waals surface area contributed by atoms with Crippen molar-refractivity contribution in [3.05, 3.63) is 46.5 Å². The van der Waals surface area contributed by atoms with Crippen molar-refractivity contribution in [3.63, 3.8) is 0 Å². The van der Waals surface area contributed by atoms with E-state index in [-0.39, 0.29) is 0 Å². The summed E-state index contributed by atoms with van der Waals surface area (Å²) in [5.74, 6) is -0.898. The molecule has 7 heteroatoms. The number of aryl methyl sites for hydroxylation is 2. The van der Waals surface area contributed by atoms with Crippen molar-refractivity contribution in [1.82, 2.24) is 5.48 Å². The third-order valence-corrected chi connectivity index (χ3v) is 4.32. The average molecular weight is 357 g/mol. The van der Waals surface area contributed by atoms with Gasteiger partial charge >= 0.3 is 11.9 Å². The van der Waals surface area contributed by atoms with Crippen LogP contribution in [0.3, 0.4) is 0 Å². The molecular formula is C19H19NO6. The number of carbonyl (C=O) groups excluding carboxylic acids is 1. The molecule has 136 valence electrons. The lowest BCUT2D eigenvalue weighted by Crippen LogP contribution is -2.33. The largest absolute Gasteiger partial charge is 0.508 e. The number of aromatic hydroxyl groups is 1. The van der Waals surface area contributed by atoms with Crippen LogP contribution in [0.1, 0.15) is 28.7 Å². The first-order valence-corrected chi connectivity index (χ1v) is 8.19. The molecule has 0 radical (unpaired) electrons. The van der Waals surface area contributed by atoms with E-state index in [4.69, 9.17) is 14.7 Å². The van der Waals surface area contributed by atoms with E-state index < -0.39 is 11.9 Å². The number of nitrogens with one attached hydrogen (secondary N) is 1. The van der Waals surface area contributed by atoms with Crippen LogP contribution in [0, 0.1) is 13.8 Å². The lowest BCUT2D eigenvalue weighted by atomic mass is 10.1. The molecule has 0 saturated heterocycles. The number of carboxylic acids is 1. The van der Waals surface area contributed by atoms with Gasteiger partial charge in [-0.2, -0.15) is 5.48 Å². The fourth-order valence-electron chi connectivity index (χ4n) is 3.14. The monoisotopic (exact) mass is 357 g/mol. The van der Waals surface area contributed by atoms with Crippen LogP contribution in [0.2, 0.25) is 0 Å². The van der Waals surface area contributed by atoms with Gasteiger partial charge in [0.05, 0.1) is 0 Å². The van der Waals surface area contributed by atoms with Crippen LogP contribution in [0.5, 0.6) is 23.0 Å². The summed E-state index contributed by atoms with van der Waals surface area (Å²) in [6.07, 6.45) is 2.68. The molecule has 2 aromatic carbocycles. The van der Waals surface area contributed by atoms with Crippen LogP contribution in [0.25, 0.3) is 0 Å². The molecule has 3 N–H and O–H groups in total. The summed E-state index contributed by atoms with van der Waals surface area (Å²) in [6.45, 7) is 3.66. The number of hydrogen-bond acceptors (Lipinski definition) is 5. The maximum Gasteiger partial charge on any atom is 0.397 e. The Hall–Kier alpha value is -3.22. The first-order valence-electron chi connectivity index (χ1n) is 8.19. The van der Waals surface area contributed by atoms with E-state index in [2.05, 4.69) is 0 Å². The number of benzene rings is 2. The van der Waals surface area contributed by atoms with Gasteiger partial charge in [-0.05, 0) is 68.5 Å². The fourth-order valence-corrected chi connectivity index (χ4v) is 3.14. The van der Waals surface area contributed by atoms with E-state index in [9.17, 15) is 14.7 Å². The van der Waals surface area contributed by atoms with E-state index in [0.29, 0.717) is 23.0 Å². The molecule has 0 saturated carbocycles. The van der Waals surface area contributed by atoms with Gasteiger partial charge in [0.15, 0.2) is 5.75 Å². The van der Waals surface area contributed by atoms with Crippen LogP contribution in [-0.4, -0.2) is 22.1 Å². The minimum Gasteiger partial charge on any atom is -0.508 e. The van der Waals surface area contributed by atoms with Gasteiger partial charge < -0.3 is 19.8 Å². The topological polar surface area (TPSA) is 105 Å². The molecule has 1 amide bonds. The van der Waals surface area contributed by atoms with Gasteiger partial charge in [-0.1, -0.05) is 0 Å². The van der Waals surface area contributed by atoms with E-state index >= 15 is 0 Å². The summed E-state index contributed by atoms with van der Waals surface area (Å²) < 4.78 is 6.11. The molecule has 0 unspecified atom stereocenters. The highest BCUT2D eigenvalue weighted by atomic mass is 16.7. The normalized spacial score (nSPS) is 12.4. The highest BCUT2D eigenvalue weighted by molar-refractivity contribution is 6.31. The Morgan fingerprint density at radius 2 is 1.73 bits per heavy atom. The van der Waals surface area contributed by atoms with E-state index in [1.165, 1.54) is 0 Å². The van der Waals surface area contributed by atoms with Crippen molar-refractivity contribution in [2.45, 2.75) is 33.1 Å². The van der Waals surface area contributed by atoms with Crippen molar-refractivity contribution >= 4 is 11.9 Å². The number of aliphatic carboxylic acids is 1. The zero-order chi connectivity index (χ0) is 18.8. The molecule has 1 aliphatic rings. The second kappa shape index (κ2) is 6.95. The first-order chi connectivity index (χ1) is 12.4. The Balaban J connectivity index is 1.83. The number of phenolic OH excluding ortho intramolecular Hbond substituents is 1. The highest BCUT2D eigenvalue weighted by Crippen LogP contribution is 2.40. The SMILES string of the molecule is Cc1cc(ONC(=O)C(=O)O)cc(C)c1Oc1ccc(O)c2c1CCC2. The molecule has 0 spiro atoms. The van der Waals surface area contributed by atoms with E-state index in [1.807, 2.05) is 19.3 Å². The predicted molar refractivity (Wildman–Crippen MR) is 92.5 cm³/mol. The zero-order valence-electron chi connectivity index (χ0n) is 14.5. The van der Waals surface area contributed by atoms with Crippen LogP contribution in [-0.2, 0) is 22.4 Å². The standard InChI is InChI=1S/C19H19NO6/c1-10-8-12(26-20-18(22)19(23)24)9-11(2)17(10)25-16-7-6-15(21)13-4-3-5-14(13)16/h6-9,21H,3-5H2,1-2H3,(H,20,22)(H,23,24). The van der Waals surface area contributed by atoms with Gasteiger partial charge in [0.25, 0.3) is 0 Å². The first kappa shape index (κ1) is 17.6. The van der Waals surface area contributed by atoms with Crippen LogP contribution in [0.4, 0.5) is 0 Å². The summed E-state index contributed by atoms with van der Waals surface area (Å²) in [5, 5.41) is 18.5. The van der Waals surface area contributed by atoms with Crippen molar-refractivity contribution in [2.24, 2.45) is 0 Å². The minimum atomic E-state index is -1.63. The van der Waals surface area contributed by atoms with Gasteiger partial charge in [-0.15, -0.1) is 0 Å². The van der Waals surface area contributed by atoms with Crippen molar-refractivity contribution in [3.8, 4) is 23.0 Å². The number of rotatable bonds is 4. The number of ether oxygens (including phenoxy) is 1. The Morgan fingerprint density at radius 1 is 1.08 bits per heavy atom. The summed E-state index contributed by atoms with van der Waals surface area (Å²) in [4.78, 5) is 26.6. The van der Waals surface area contributed by atoms with Crippen molar-refractivity contribution in [1.29, 1.82) is 0 Å². The highest BCUT2D eigenvalue weighted by Gasteiger charge is 2.21. The molecule has 0 heterocycles. The smallest absolute Gasteiger partial charge is 0.397 e. The molecule has 26 heavy (non-hydrogen) atoms. The zero-order valence-corrected chi connectivity index (χ0v) is 14.5.